The first-order chi connectivity index (χ1) is 11.2. The monoisotopic (exact) mass is 308 g/mol. The average molecular weight is 308 g/mol. The van der Waals surface area contributed by atoms with Crippen LogP contribution >= 0.6 is 0 Å². The van der Waals surface area contributed by atoms with Gasteiger partial charge >= 0.3 is 0 Å². The van der Waals surface area contributed by atoms with Gasteiger partial charge in [-0.25, -0.2) is 4.98 Å². The molecule has 5 heteroatoms. The molecule has 0 spiro atoms. The van der Waals surface area contributed by atoms with Gasteiger partial charge in [0.25, 0.3) is 5.91 Å². The molecule has 0 saturated heterocycles. The number of amides is 1. The summed E-state index contributed by atoms with van der Waals surface area (Å²) in [6, 6.07) is 7.75. The molecule has 1 atom stereocenters. The first-order valence-electron chi connectivity index (χ1n) is 7.81. The molecule has 3 aromatic rings. The highest BCUT2D eigenvalue weighted by Gasteiger charge is 2.21. The van der Waals surface area contributed by atoms with Gasteiger partial charge in [-0.15, -0.1) is 0 Å². The summed E-state index contributed by atoms with van der Waals surface area (Å²) in [5.74, 6) is 0.0267. The number of aromatic nitrogens is 3. The van der Waals surface area contributed by atoms with Crippen molar-refractivity contribution >= 4 is 11.6 Å². The van der Waals surface area contributed by atoms with Crippen LogP contribution in [0.4, 0.5) is 0 Å². The van der Waals surface area contributed by atoms with Gasteiger partial charge in [-0.3, -0.25) is 9.78 Å². The minimum atomic E-state index is 0.0267. The highest BCUT2D eigenvalue weighted by atomic mass is 16.2. The second kappa shape index (κ2) is 6.60. The van der Waals surface area contributed by atoms with E-state index < -0.39 is 0 Å². The van der Waals surface area contributed by atoms with Crippen LogP contribution in [0, 0.1) is 0 Å². The van der Waals surface area contributed by atoms with Crippen molar-refractivity contribution in [1.82, 2.24) is 19.3 Å². The number of nitrogens with zero attached hydrogens (tertiary/aromatic N) is 4. The van der Waals surface area contributed by atoms with Crippen LogP contribution in [0.3, 0.4) is 0 Å². The van der Waals surface area contributed by atoms with E-state index in [2.05, 4.69) is 23.8 Å². The maximum Gasteiger partial charge on any atom is 0.255 e. The zero-order valence-corrected chi connectivity index (χ0v) is 13.4. The smallest absolute Gasteiger partial charge is 0.255 e. The van der Waals surface area contributed by atoms with Crippen LogP contribution < -0.4 is 0 Å². The summed E-state index contributed by atoms with van der Waals surface area (Å²) in [4.78, 5) is 23.2. The summed E-state index contributed by atoms with van der Waals surface area (Å²) in [7, 11) is 0. The summed E-state index contributed by atoms with van der Waals surface area (Å²) >= 11 is 0. The lowest BCUT2D eigenvalue weighted by Crippen LogP contribution is -2.37. The van der Waals surface area contributed by atoms with Gasteiger partial charge < -0.3 is 9.30 Å². The van der Waals surface area contributed by atoms with E-state index in [1.54, 1.807) is 12.4 Å². The molecule has 0 fully saturated rings. The second-order valence-corrected chi connectivity index (χ2v) is 5.66. The topological polar surface area (TPSA) is 50.5 Å². The number of carbonyl (C=O) groups excluding carboxylic acids is 1. The number of carbonyl (C=O) groups is 1. The Morgan fingerprint density at radius 3 is 2.91 bits per heavy atom. The van der Waals surface area contributed by atoms with Crippen molar-refractivity contribution in [3.8, 4) is 0 Å². The fraction of sp³-hybridized carbons (Fsp3) is 0.278. The van der Waals surface area contributed by atoms with Gasteiger partial charge in [-0.2, -0.15) is 0 Å². The third-order valence-corrected chi connectivity index (χ3v) is 4.10. The Kier molecular flexibility index (Phi) is 4.37. The van der Waals surface area contributed by atoms with Crippen LogP contribution in [0.5, 0.6) is 0 Å². The number of pyridine rings is 2. The van der Waals surface area contributed by atoms with Crippen molar-refractivity contribution in [2.24, 2.45) is 0 Å². The van der Waals surface area contributed by atoms with E-state index in [1.807, 2.05) is 52.2 Å². The number of imidazole rings is 1. The van der Waals surface area contributed by atoms with E-state index >= 15 is 0 Å². The van der Waals surface area contributed by atoms with Gasteiger partial charge in [0.2, 0.25) is 0 Å². The zero-order valence-electron chi connectivity index (χ0n) is 13.4. The fourth-order valence-electron chi connectivity index (χ4n) is 2.55. The van der Waals surface area contributed by atoms with Gasteiger partial charge in [-0.05, 0) is 37.1 Å². The first-order valence-corrected chi connectivity index (χ1v) is 7.81. The van der Waals surface area contributed by atoms with E-state index in [0.717, 1.165) is 17.6 Å². The van der Waals surface area contributed by atoms with Gasteiger partial charge in [0.05, 0.1) is 5.56 Å². The summed E-state index contributed by atoms with van der Waals surface area (Å²) in [5.41, 5.74) is 2.54. The lowest BCUT2D eigenvalue weighted by molar-refractivity contribution is 0.0671. The Morgan fingerprint density at radius 2 is 2.17 bits per heavy atom. The Labute approximate surface area is 135 Å². The van der Waals surface area contributed by atoms with Gasteiger partial charge in [0, 0.05) is 43.6 Å². The number of fused-ring (bicyclic) bond motifs is 1. The van der Waals surface area contributed by atoms with E-state index in [0.29, 0.717) is 12.1 Å². The van der Waals surface area contributed by atoms with E-state index in [4.69, 9.17) is 0 Å². The third kappa shape index (κ3) is 3.23. The standard InChI is InChI=1S/C18H20N4O/c1-3-14(2)22(12-15-5-4-8-19-11-15)18(23)16-6-7-17-20-9-10-21(17)13-16/h4-11,13-14H,3,12H2,1-2H3/t14-/m0/s1. The fourth-order valence-corrected chi connectivity index (χ4v) is 2.55. The molecule has 0 N–H and O–H groups in total. The zero-order chi connectivity index (χ0) is 16.2. The molecule has 118 valence electrons. The quantitative estimate of drug-likeness (QED) is 0.727. The molecule has 0 aliphatic rings. The van der Waals surface area contributed by atoms with Crippen molar-refractivity contribution in [1.29, 1.82) is 0 Å². The van der Waals surface area contributed by atoms with Crippen molar-refractivity contribution < 1.29 is 4.79 Å². The van der Waals surface area contributed by atoms with Crippen molar-refractivity contribution in [3.63, 3.8) is 0 Å². The van der Waals surface area contributed by atoms with Crippen molar-refractivity contribution in [2.45, 2.75) is 32.9 Å². The van der Waals surface area contributed by atoms with E-state index in [9.17, 15) is 4.79 Å². The van der Waals surface area contributed by atoms with Crippen molar-refractivity contribution in [3.05, 3.63) is 66.4 Å². The Hall–Kier alpha value is -2.69. The maximum absolute atomic E-state index is 13.0. The summed E-state index contributed by atoms with van der Waals surface area (Å²) in [5, 5.41) is 0. The van der Waals surface area contributed by atoms with Crippen LogP contribution in [0.15, 0.2) is 55.2 Å². The predicted octanol–water partition coefficient (Wildman–Crippen LogP) is 3.17. The number of rotatable bonds is 5. The Bertz CT molecular complexity index is 797. The minimum absolute atomic E-state index is 0.0267. The van der Waals surface area contributed by atoms with E-state index in [-0.39, 0.29) is 11.9 Å². The molecule has 0 unspecified atom stereocenters. The lowest BCUT2D eigenvalue weighted by atomic mass is 10.1. The molecule has 0 bridgehead atoms. The summed E-state index contributed by atoms with van der Waals surface area (Å²) in [6.07, 6.45) is 9.86. The molecule has 0 aliphatic heterocycles. The first kappa shape index (κ1) is 15.2. The Morgan fingerprint density at radius 1 is 1.30 bits per heavy atom. The molecular weight excluding hydrogens is 288 g/mol. The number of hydrogen-bond acceptors (Lipinski definition) is 3. The molecule has 3 heterocycles. The molecule has 0 saturated carbocycles. The normalized spacial score (nSPS) is 12.3. The van der Waals surface area contributed by atoms with Crippen LogP contribution in [-0.2, 0) is 6.54 Å². The minimum Gasteiger partial charge on any atom is -0.332 e. The van der Waals surface area contributed by atoms with Crippen LogP contribution in [0.1, 0.15) is 36.2 Å². The average Bonchev–Trinajstić information content (AvgIpc) is 3.07. The molecule has 0 aliphatic carbocycles. The molecule has 23 heavy (non-hydrogen) atoms. The maximum atomic E-state index is 13.0. The Balaban J connectivity index is 1.90. The van der Waals surface area contributed by atoms with Gasteiger partial charge in [-0.1, -0.05) is 13.0 Å². The number of hydrogen-bond donors (Lipinski definition) is 0. The molecular formula is C18H20N4O. The lowest BCUT2D eigenvalue weighted by Gasteiger charge is -2.28. The van der Waals surface area contributed by atoms with Crippen molar-refractivity contribution in [2.75, 3.05) is 0 Å². The highest BCUT2D eigenvalue weighted by molar-refractivity contribution is 5.94. The van der Waals surface area contributed by atoms with Crippen LogP contribution in [0.25, 0.3) is 5.65 Å². The molecule has 3 aromatic heterocycles. The van der Waals surface area contributed by atoms with E-state index in [1.165, 1.54) is 0 Å². The van der Waals surface area contributed by atoms with Gasteiger partial charge in [0.1, 0.15) is 5.65 Å². The summed E-state index contributed by atoms with van der Waals surface area (Å²) < 4.78 is 1.87. The van der Waals surface area contributed by atoms with Gasteiger partial charge in [0.15, 0.2) is 0 Å². The molecule has 0 radical (unpaired) electrons. The largest absolute Gasteiger partial charge is 0.332 e. The molecule has 0 aromatic carbocycles. The highest BCUT2D eigenvalue weighted by Crippen LogP contribution is 2.15. The predicted molar refractivity (Wildman–Crippen MR) is 89.1 cm³/mol. The van der Waals surface area contributed by atoms with Crippen LogP contribution in [0.2, 0.25) is 0 Å². The molecule has 3 rings (SSSR count). The summed E-state index contributed by atoms with van der Waals surface area (Å²) in [6.45, 7) is 4.72. The second-order valence-electron chi connectivity index (χ2n) is 5.66. The molecule has 1 amide bonds. The SMILES string of the molecule is CC[C@H](C)N(Cc1cccnc1)C(=O)c1ccc2nccn2c1. The third-order valence-electron chi connectivity index (χ3n) is 4.10. The van der Waals surface area contributed by atoms with Crippen LogP contribution in [-0.4, -0.2) is 31.2 Å². The molecule has 5 nitrogen and oxygen atoms in total.